The highest BCUT2D eigenvalue weighted by Crippen LogP contribution is 2.28. The van der Waals surface area contributed by atoms with Gasteiger partial charge in [0.2, 0.25) is 17.7 Å². The van der Waals surface area contributed by atoms with E-state index in [-0.39, 0.29) is 42.6 Å². The van der Waals surface area contributed by atoms with E-state index in [0.717, 1.165) is 80.7 Å². The maximum absolute atomic E-state index is 14.4. The van der Waals surface area contributed by atoms with Crippen molar-refractivity contribution in [1.29, 1.82) is 0 Å². The quantitative estimate of drug-likeness (QED) is 0.137. The highest BCUT2D eigenvalue weighted by atomic mass is 32.1. The molecule has 0 spiro atoms. The van der Waals surface area contributed by atoms with Crippen LogP contribution < -0.4 is 10.2 Å². The Kier molecular flexibility index (Phi) is 13.5. The molecule has 1 atom stereocenters. The van der Waals surface area contributed by atoms with Crippen LogP contribution in [0.3, 0.4) is 0 Å². The Labute approximate surface area is 307 Å². The van der Waals surface area contributed by atoms with Gasteiger partial charge in [0.05, 0.1) is 0 Å². The van der Waals surface area contributed by atoms with E-state index in [1.54, 1.807) is 16.2 Å². The molecule has 1 saturated heterocycles. The molecule has 7 nitrogen and oxygen atoms in total. The number of hydrogen-bond acceptors (Lipinski definition) is 5. The van der Waals surface area contributed by atoms with E-state index in [0.29, 0.717) is 13.0 Å². The maximum atomic E-state index is 14.4. The zero-order valence-electron chi connectivity index (χ0n) is 29.7. The topological polar surface area (TPSA) is 73.0 Å². The Hall–Kier alpha value is -4.27. The van der Waals surface area contributed by atoms with Gasteiger partial charge in [-0.2, -0.15) is 0 Å². The molecule has 0 radical (unpaired) electrons. The largest absolute Gasteiger partial charge is 0.351 e. The summed E-state index contributed by atoms with van der Waals surface area (Å²) < 4.78 is 0. The summed E-state index contributed by atoms with van der Waals surface area (Å²) in [5.41, 5.74) is 3.01. The van der Waals surface area contributed by atoms with Crippen LogP contribution >= 0.6 is 11.3 Å². The molecule has 6 rings (SSSR count). The molecule has 3 amide bonds. The second kappa shape index (κ2) is 18.8. The van der Waals surface area contributed by atoms with Gasteiger partial charge in [0.15, 0.2) is 0 Å². The molecule has 1 aliphatic heterocycles. The van der Waals surface area contributed by atoms with Crippen LogP contribution in [-0.2, 0) is 27.2 Å². The SMILES string of the molecule is O=C(NC1CCCCC1)C(c1ccccc1)N(CCc1cccs1)C(=O)CCC(=O)N(c1ccccc1)C1CCN(CCc2ccccc2)CC1. The Bertz CT molecular complexity index is 1640. The first-order valence-electron chi connectivity index (χ1n) is 18.9. The first kappa shape index (κ1) is 36.5. The van der Waals surface area contributed by atoms with Crippen molar-refractivity contribution < 1.29 is 14.4 Å². The van der Waals surface area contributed by atoms with Gasteiger partial charge in [-0.25, -0.2) is 0 Å². The third-order valence-corrected chi connectivity index (χ3v) is 11.4. The Balaban J connectivity index is 1.16. The standard InChI is InChI=1S/C43H52N4O3S/c48-40(46(32-28-39-22-13-33-51-39)42(35-16-7-2-8-17-35)43(50)44-36-18-9-3-10-19-36)23-24-41(49)47(37-20-11-4-12-21-37)38-26-30-45(31-27-38)29-25-34-14-5-1-6-15-34/h1-2,4-8,11-17,20-22,33,36,38,42H,3,9-10,18-19,23-32H2,(H,44,50). The molecule has 2 aliphatic rings. The number of nitrogens with one attached hydrogen (secondary N) is 1. The number of likely N-dealkylation sites (tertiary alicyclic amines) is 1. The van der Waals surface area contributed by atoms with Crippen LogP contribution in [-0.4, -0.2) is 65.8 Å². The summed E-state index contributed by atoms with van der Waals surface area (Å²) >= 11 is 1.66. The van der Waals surface area contributed by atoms with E-state index in [9.17, 15) is 14.4 Å². The van der Waals surface area contributed by atoms with Crippen molar-refractivity contribution in [2.75, 3.05) is 31.1 Å². The Morgan fingerprint density at radius 1 is 0.725 bits per heavy atom. The van der Waals surface area contributed by atoms with E-state index in [2.05, 4.69) is 46.6 Å². The van der Waals surface area contributed by atoms with Crippen molar-refractivity contribution in [3.63, 3.8) is 0 Å². The summed E-state index contributed by atoms with van der Waals surface area (Å²) in [6.45, 7) is 3.26. The molecular weight excluding hydrogens is 653 g/mol. The minimum absolute atomic E-state index is 0.0431. The fourth-order valence-electron chi connectivity index (χ4n) is 7.68. The maximum Gasteiger partial charge on any atom is 0.247 e. The lowest BCUT2D eigenvalue weighted by molar-refractivity contribution is -0.142. The smallest absolute Gasteiger partial charge is 0.247 e. The highest BCUT2D eigenvalue weighted by molar-refractivity contribution is 7.09. The third-order valence-electron chi connectivity index (χ3n) is 10.5. The third kappa shape index (κ3) is 10.4. The van der Waals surface area contributed by atoms with Gasteiger partial charge in [0.1, 0.15) is 6.04 Å². The number of anilines is 1. The Morgan fingerprint density at radius 3 is 2.04 bits per heavy atom. The van der Waals surface area contributed by atoms with Gasteiger partial charge in [-0.05, 0) is 73.2 Å². The number of amides is 3. The molecule has 268 valence electrons. The predicted octanol–water partition coefficient (Wildman–Crippen LogP) is 7.83. The number of carbonyl (C=O) groups is 3. The summed E-state index contributed by atoms with van der Waals surface area (Å²) in [7, 11) is 0. The van der Waals surface area contributed by atoms with Crippen LogP contribution in [0, 0.1) is 0 Å². The van der Waals surface area contributed by atoms with Crippen molar-refractivity contribution in [2.24, 2.45) is 0 Å². The van der Waals surface area contributed by atoms with Gasteiger partial charge in [-0.15, -0.1) is 11.3 Å². The van der Waals surface area contributed by atoms with Gasteiger partial charge in [0.25, 0.3) is 0 Å². The molecule has 51 heavy (non-hydrogen) atoms. The van der Waals surface area contributed by atoms with Crippen LogP contribution in [0.15, 0.2) is 109 Å². The van der Waals surface area contributed by atoms with Crippen LogP contribution in [0.2, 0.25) is 0 Å². The second-order valence-corrected chi connectivity index (χ2v) is 15.0. The summed E-state index contributed by atoms with van der Waals surface area (Å²) in [6.07, 6.45) is 8.90. The lowest BCUT2D eigenvalue weighted by atomic mass is 9.94. The molecule has 1 saturated carbocycles. The molecule has 1 N–H and O–H groups in total. The van der Waals surface area contributed by atoms with Crippen molar-refractivity contribution in [2.45, 2.75) is 88.8 Å². The molecule has 0 bridgehead atoms. The zero-order chi connectivity index (χ0) is 35.3. The number of para-hydroxylation sites is 1. The van der Waals surface area contributed by atoms with Crippen molar-refractivity contribution in [3.05, 3.63) is 125 Å². The molecule has 2 fully saturated rings. The molecule has 1 aromatic heterocycles. The van der Waals surface area contributed by atoms with Gasteiger partial charge >= 0.3 is 0 Å². The summed E-state index contributed by atoms with van der Waals surface area (Å²) in [5, 5.41) is 5.34. The normalized spacial score (nSPS) is 16.3. The van der Waals surface area contributed by atoms with Gasteiger partial charge in [-0.1, -0.05) is 104 Å². The average molecular weight is 705 g/mol. The summed E-state index contributed by atoms with van der Waals surface area (Å²) in [5.74, 6) is -0.349. The zero-order valence-corrected chi connectivity index (χ0v) is 30.5. The van der Waals surface area contributed by atoms with Gasteiger partial charge in [-0.3, -0.25) is 14.4 Å². The second-order valence-electron chi connectivity index (χ2n) is 14.0. The molecule has 3 aromatic carbocycles. The summed E-state index contributed by atoms with van der Waals surface area (Å²) in [6, 6.07) is 33.7. The van der Waals surface area contributed by atoms with Crippen LogP contribution in [0.4, 0.5) is 5.69 Å². The van der Waals surface area contributed by atoms with E-state index in [1.165, 1.54) is 12.0 Å². The van der Waals surface area contributed by atoms with E-state index >= 15 is 0 Å². The fraction of sp³-hybridized carbons (Fsp3) is 0.419. The molecule has 1 unspecified atom stereocenters. The number of rotatable bonds is 15. The molecular formula is C43H52N4O3S. The first-order valence-corrected chi connectivity index (χ1v) is 19.7. The number of piperidine rings is 1. The fourth-order valence-corrected chi connectivity index (χ4v) is 8.37. The average Bonchev–Trinajstić information content (AvgIpc) is 3.71. The lowest BCUT2D eigenvalue weighted by Gasteiger charge is -2.39. The van der Waals surface area contributed by atoms with E-state index in [4.69, 9.17) is 0 Å². The van der Waals surface area contributed by atoms with Crippen LogP contribution in [0.1, 0.15) is 79.8 Å². The van der Waals surface area contributed by atoms with Crippen LogP contribution in [0.5, 0.6) is 0 Å². The highest BCUT2D eigenvalue weighted by Gasteiger charge is 2.34. The molecule has 4 aromatic rings. The number of hydrogen-bond donors (Lipinski definition) is 1. The van der Waals surface area contributed by atoms with E-state index < -0.39 is 6.04 Å². The predicted molar refractivity (Wildman–Crippen MR) is 207 cm³/mol. The summed E-state index contributed by atoms with van der Waals surface area (Å²) in [4.78, 5) is 50.0. The number of thiophene rings is 1. The number of nitrogens with zero attached hydrogens (tertiary/aromatic N) is 3. The van der Waals surface area contributed by atoms with Gasteiger partial charge in [0, 0.05) is 61.7 Å². The monoisotopic (exact) mass is 704 g/mol. The number of carbonyl (C=O) groups excluding carboxylic acids is 3. The van der Waals surface area contributed by atoms with E-state index in [1.807, 2.05) is 77.0 Å². The van der Waals surface area contributed by atoms with Crippen molar-refractivity contribution in [3.8, 4) is 0 Å². The van der Waals surface area contributed by atoms with Gasteiger partial charge < -0.3 is 20.0 Å². The molecule has 1 aliphatic carbocycles. The lowest BCUT2D eigenvalue weighted by Crippen LogP contribution is -2.49. The minimum Gasteiger partial charge on any atom is -0.351 e. The molecule has 2 heterocycles. The first-order chi connectivity index (χ1) is 25.0. The number of benzene rings is 3. The molecule has 8 heteroatoms. The van der Waals surface area contributed by atoms with Crippen molar-refractivity contribution >= 4 is 34.7 Å². The van der Waals surface area contributed by atoms with Crippen LogP contribution in [0.25, 0.3) is 0 Å². The van der Waals surface area contributed by atoms with Crippen molar-refractivity contribution in [1.82, 2.24) is 15.1 Å². The minimum atomic E-state index is -0.763. The Morgan fingerprint density at radius 2 is 1.37 bits per heavy atom.